The van der Waals surface area contributed by atoms with E-state index < -0.39 is 0 Å². The van der Waals surface area contributed by atoms with Crippen molar-refractivity contribution in [3.8, 4) is 5.75 Å². The molecule has 0 saturated carbocycles. The van der Waals surface area contributed by atoms with Crippen molar-refractivity contribution in [2.24, 2.45) is 0 Å². The molecular weight excluding hydrogens is 292 g/mol. The Morgan fingerprint density at radius 1 is 1.33 bits per heavy atom. The molecule has 0 amide bonds. The fourth-order valence-corrected chi connectivity index (χ4v) is 2.14. The summed E-state index contributed by atoms with van der Waals surface area (Å²) in [5, 5.41) is 7.78. The number of hydrogen-bond acceptors (Lipinski definition) is 5. The number of para-hydroxylation sites is 1. The Morgan fingerprint density at radius 3 is 2.95 bits per heavy atom. The molecule has 0 spiro atoms. The van der Waals surface area contributed by atoms with Crippen LogP contribution in [0.15, 0.2) is 28.8 Å². The molecule has 0 atom stereocenters. The molecule has 1 aromatic heterocycles. The lowest BCUT2D eigenvalue weighted by molar-refractivity contribution is 0.155. The molecule has 0 aliphatic rings. The van der Waals surface area contributed by atoms with E-state index in [2.05, 4.69) is 17.4 Å². The summed E-state index contributed by atoms with van der Waals surface area (Å²) in [5.41, 5.74) is 1.72. The van der Waals surface area contributed by atoms with Gasteiger partial charge in [-0.25, -0.2) is 0 Å². The van der Waals surface area contributed by atoms with Gasteiger partial charge in [-0.1, -0.05) is 35.8 Å². The van der Waals surface area contributed by atoms with E-state index in [1.54, 1.807) is 7.11 Å². The number of nitrogens with zero attached hydrogens (tertiary/aromatic N) is 1. The van der Waals surface area contributed by atoms with Gasteiger partial charge in [0.25, 0.3) is 0 Å². The second-order valence-electron chi connectivity index (χ2n) is 4.51. The van der Waals surface area contributed by atoms with Crippen molar-refractivity contribution in [1.29, 1.82) is 0 Å². The Morgan fingerprint density at radius 2 is 2.19 bits per heavy atom. The van der Waals surface area contributed by atoms with Crippen LogP contribution in [0.4, 0.5) is 0 Å². The molecule has 0 saturated heterocycles. The van der Waals surface area contributed by atoms with Crippen molar-refractivity contribution in [3.05, 3.63) is 46.3 Å². The summed E-state index contributed by atoms with van der Waals surface area (Å²) < 4.78 is 15.9. The van der Waals surface area contributed by atoms with Crippen molar-refractivity contribution < 1.29 is 14.0 Å². The molecule has 1 N–H and O–H groups in total. The van der Waals surface area contributed by atoms with Crippen molar-refractivity contribution in [2.75, 3.05) is 13.7 Å². The zero-order chi connectivity index (χ0) is 15.1. The molecule has 6 heteroatoms. The van der Waals surface area contributed by atoms with Gasteiger partial charge in [-0.15, -0.1) is 0 Å². The fourth-order valence-electron chi connectivity index (χ4n) is 1.89. The number of benzene rings is 1. The summed E-state index contributed by atoms with van der Waals surface area (Å²) in [6.07, 6.45) is 0. The van der Waals surface area contributed by atoms with Gasteiger partial charge in [0.15, 0.2) is 5.76 Å². The summed E-state index contributed by atoms with van der Waals surface area (Å²) in [5.74, 6) is 1.35. The molecule has 5 nitrogen and oxygen atoms in total. The molecule has 2 aromatic rings. The normalized spacial score (nSPS) is 10.8. The third-order valence-corrected chi connectivity index (χ3v) is 3.17. The van der Waals surface area contributed by atoms with Gasteiger partial charge in [0.1, 0.15) is 24.7 Å². The van der Waals surface area contributed by atoms with Crippen LogP contribution < -0.4 is 10.1 Å². The SMILES string of the molecule is CCNCc1cccc(Cl)c1OCc1cc(COC)on1. The van der Waals surface area contributed by atoms with Gasteiger partial charge >= 0.3 is 0 Å². The molecule has 0 unspecified atom stereocenters. The first-order chi connectivity index (χ1) is 10.2. The van der Waals surface area contributed by atoms with Crippen molar-refractivity contribution >= 4 is 11.6 Å². The van der Waals surface area contributed by atoms with Crippen LogP contribution in [-0.2, 0) is 24.5 Å². The summed E-state index contributed by atoms with van der Waals surface area (Å²) in [4.78, 5) is 0. The highest BCUT2D eigenvalue weighted by Crippen LogP contribution is 2.29. The molecule has 21 heavy (non-hydrogen) atoms. The van der Waals surface area contributed by atoms with Crippen LogP contribution in [0.3, 0.4) is 0 Å². The molecule has 1 aromatic carbocycles. The molecule has 0 radical (unpaired) electrons. The number of hydrogen-bond donors (Lipinski definition) is 1. The predicted molar refractivity (Wildman–Crippen MR) is 80.4 cm³/mol. The Labute approximate surface area is 129 Å². The van der Waals surface area contributed by atoms with Crippen LogP contribution in [0.2, 0.25) is 5.02 Å². The van der Waals surface area contributed by atoms with Gasteiger partial charge in [0.05, 0.1) is 5.02 Å². The van der Waals surface area contributed by atoms with E-state index in [0.29, 0.717) is 42.0 Å². The first kappa shape index (κ1) is 15.8. The third-order valence-electron chi connectivity index (χ3n) is 2.87. The van der Waals surface area contributed by atoms with Crippen LogP contribution in [0.25, 0.3) is 0 Å². The van der Waals surface area contributed by atoms with E-state index in [4.69, 9.17) is 25.6 Å². The van der Waals surface area contributed by atoms with Crippen LogP contribution in [0, 0.1) is 0 Å². The first-order valence-electron chi connectivity index (χ1n) is 6.79. The predicted octanol–water partition coefficient (Wildman–Crippen LogP) is 3.16. The lowest BCUT2D eigenvalue weighted by atomic mass is 10.2. The number of halogens is 1. The Balaban J connectivity index is 2.04. The number of nitrogens with one attached hydrogen (secondary N) is 1. The first-order valence-corrected chi connectivity index (χ1v) is 7.16. The maximum absolute atomic E-state index is 6.21. The zero-order valence-corrected chi connectivity index (χ0v) is 12.9. The summed E-state index contributed by atoms with van der Waals surface area (Å²) in [6, 6.07) is 7.52. The smallest absolute Gasteiger partial charge is 0.162 e. The minimum atomic E-state index is 0.302. The van der Waals surface area contributed by atoms with Gasteiger partial charge in [-0.05, 0) is 12.6 Å². The molecule has 0 fully saturated rings. The minimum Gasteiger partial charge on any atom is -0.485 e. The second-order valence-corrected chi connectivity index (χ2v) is 4.92. The quantitative estimate of drug-likeness (QED) is 0.811. The second kappa shape index (κ2) is 8.02. The third kappa shape index (κ3) is 4.46. The summed E-state index contributed by atoms with van der Waals surface area (Å²) in [7, 11) is 1.61. The van der Waals surface area contributed by atoms with Crippen LogP contribution in [0.5, 0.6) is 5.75 Å². The number of rotatable bonds is 8. The largest absolute Gasteiger partial charge is 0.485 e. The van der Waals surface area contributed by atoms with E-state index in [1.165, 1.54) is 0 Å². The molecule has 1 heterocycles. The van der Waals surface area contributed by atoms with Crippen LogP contribution >= 0.6 is 11.6 Å². The van der Waals surface area contributed by atoms with Gasteiger partial charge in [0.2, 0.25) is 0 Å². The highest BCUT2D eigenvalue weighted by Gasteiger charge is 2.10. The van der Waals surface area contributed by atoms with Gasteiger partial charge in [-0.3, -0.25) is 0 Å². The maximum atomic E-state index is 6.21. The maximum Gasteiger partial charge on any atom is 0.162 e. The Bertz CT molecular complexity index is 572. The molecule has 2 rings (SSSR count). The highest BCUT2D eigenvalue weighted by molar-refractivity contribution is 6.32. The number of methoxy groups -OCH3 is 1. The van der Waals surface area contributed by atoms with Crippen molar-refractivity contribution in [2.45, 2.75) is 26.7 Å². The lowest BCUT2D eigenvalue weighted by Crippen LogP contribution is -2.13. The van der Waals surface area contributed by atoms with E-state index >= 15 is 0 Å². The molecule has 114 valence electrons. The van der Waals surface area contributed by atoms with Gasteiger partial charge in [0, 0.05) is 25.3 Å². The number of aromatic nitrogens is 1. The van der Waals surface area contributed by atoms with E-state index in [9.17, 15) is 0 Å². The highest BCUT2D eigenvalue weighted by atomic mass is 35.5. The molecular formula is C15H19ClN2O3. The Hall–Kier alpha value is -1.56. The average Bonchev–Trinajstić information content (AvgIpc) is 2.92. The molecule has 0 bridgehead atoms. The standard InChI is InChI=1S/C15H19ClN2O3/c1-3-17-8-11-5-4-6-14(16)15(11)20-9-12-7-13(10-19-2)21-18-12/h4-7,17H,3,8-10H2,1-2H3. The van der Waals surface area contributed by atoms with E-state index in [0.717, 1.165) is 12.1 Å². The van der Waals surface area contributed by atoms with Gasteiger partial charge < -0.3 is 19.3 Å². The van der Waals surface area contributed by atoms with Crippen molar-refractivity contribution in [1.82, 2.24) is 10.5 Å². The molecule has 0 aliphatic carbocycles. The summed E-state index contributed by atoms with van der Waals surface area (Å²) >= 11 is 6.21. The monoisotopic (exact) mass is 310 g/mol. The topological polar surface area (TPSA) is 56.5 Å². The fraction of sp³-hybridized carbons (Fsp3) is 0.400. The zero-order valence-electron chi connectivity index (χ0n) is 12.2. The summed E-state index contributed by atoms with van der Waals surface area (Å²) in [6.45, 7) is 4.34. The molecule has 0 aliphatic heterocycles. The minimum absolute atomic E-state index is 0.302. The van der Waals surface area contributed by atoms with Crippen molar-refractivity contribution in [3.63, 3.8) is 0 Å². The van der Waals surface area contributed by atoms with E-state index in [1.807, 2.05) is 24.3 Å². The Kier molecular flexibility index (Phi) is 6.04. The average molecular weight is 311 g/mol. The van der Waals surface area contributed by atoms with Crippen LogP contribution in [0.1, 0.15) is 23.9 Å². The van der Waals surface area contributed by atoms with E-state index in [-0.39, 0.29) is 0 Å². The number of ether oxygens (including phenoxy) is 2. The van der Waals surface area contributed by atoms with Crippen LogP contribution in [-0.4, -0.2) is 18.8 Å². The van der Waals surface area contributed by atoms with Gasteiger partial charge in [-0.2, -0.15) is 0 Å². The lowest BCUT2D eigenvalue weighted by Gasteiger charge is -2.12.